The number of carbonyl (C=O) groups excluding carboxylic acids is 4. The van der Waals surface area contributed by atoms with E-state index in [1.807, 2.05) is 19.9 Å². The molecule has 12 N–H and O–H groups in total. The second kappa shape index (κ2) is 19.4. The van der Waals surface area contributed by atoms with Gasteiger partial charge in [-0.2, -0.15) is 8.75 Å². The molecule has 0 aliphatic heterocycles. The van der Waals surface area contributed by atoms with Crippen LogP contribution in [0, 0.1) is 25.7 Å². The molecule has 0 spiro atoms. The second-order valence-corrected chi connectivity index (χ2v) is 14.2. The van der Waals surface area contributed by atoms with Crippen molar-refractivity contribution in [3.63, 3.8) is 0 Å². The van der Waals surface area contributed by atoms with E-state index < -0.39 is 35.7 Å². The van der Waals surface area contributed by atoms with Crippen molar-refractivity contribution >= 4 is 91.6 Å². The van der Waals surface area contributed by atoms with Crippen molar-refractivity contribution in [2.75, 3.05) is 21.3 Å². The summed E-state index contributed by atoms with van der Waals surface area (Å²) in [6.45, 7) is 3.70. The maximum absolute atomic E-state index is 11.7. The van der Waals surface area contributed by atoms with Gasteiger partial charge >= 0.3 is 29.6 Å². The second-order valence-electron chi connectivity index (χ2n) is 12.2. The molecule has 2 fully saturated rings. The van der Waals surface area contributed by atoms with Crippen molar-refractivity contribution in [1.29, 1.82) is 0 Å². The van der Waals surface area contributed by atoms with Crippen LogP contribution in [0.2, 0.25) is 5.15 Å². The normalized spacial score (nSPS) is 14.2. The topological polar surface area (TPSA) is 298 Å². The zero-order valence-corrected chi connectivity index (χ0v) is 34.1. The molecule has 4 heterocycles. The fourth-order valence-corrected chi connectivity index (χ4v) is 6.28. The third kappa shape index (κ3) is 12.9. The van der Waals surface area contributed by atoms with E-state index in [1.54, 1.807) is 6.07 Å². The number of aromatic nitrogens is 6. The molecular weight excluding hydrogens is 778 g/mol. The Morgan fingerprint density at radius 2 is 1.23 bits per heavy atom. The maximum Gasteiger partial charge on any atom is 1.00 e. The molecule has 0 bridgehead atoms. The van der Waals surface area contributed by atoms with E-state index in [2.05, 4.69) is 50.0 Å². The number of primary amides is 4. The quantitative estimate of drug-likeness (QED) is 0.0522. The fourth-order valence-electron chi connectivity index (χ4n) is 4.78. The maximum atomic E-state index is 11.7. The summed E-state index contributed by atoms with van der Waals surface area (Å²) < 4.78 is 8.31. The summed E-state index contributed by atoms with van der Waals surface area (Å²) in [5, 5.41) is 13.2. The van der Waals surface area contributed by atoms with Gasteiger partial charge in [-0.05, 0) is 73.7 Å². The van der Waals surface area contributed by atoms with Gasteiger partial charge in [0.1, 0.15) is 27.9 Å². The van der Waals surface area contributed by atoms with Crippen molar-refractivity contribution in [3.8, 4) is 0 Å². The average molecular weight is 816 g/mol. The Hall–Kier alpha value is -3.92. The molecule has 2 aliphatic carbocycles. The van der Waals surface area contributed by atoms with Gasteiger partial charge in [0, 0.05) is 0 Å². The van der Waals surface area contributed by atoms with Crippen LogP contribution < -0.4 is 86.2 Å². The standard InChI is InChI=1S/C15H18ClN7O2S.C15H19N7O2S.ClH.Na/c1-6-4-9(26-23-6)20-14-10(13(18)25)21-11(16)15(22-14)19-8(12(17)24)5-7-2-3-7;1-7-4-11(25-22-7)21-15-12(14(17)24)18-6-10(20-15)19-9(13(16)23)5-8-2-3-8;;/h4,7-8H,2-3,5H2,1H3,(H2,17,24)(H2,18,25)(H2,19,20,22);4,6,8-9H,2-3,5H2,1H3,(H2,16,23)(H2,17,24)(H2,19,20,21);1H;/q;;;+1/p-1/t8-;9-;;/m11../s1. The Kier molecular flexibility index (Phi) is 15.9. The van der Waals surface area contributed by atoms with E-state index in [9.17, 15) is 19.2 Å². The minimum absolute atomic E-state index is 0. The number of rotatable bonds is 16. The van der Waals surface area contributed by atoms with E-state index >= 15 is 0 Å². The molecular formula is C30H37Cl2N14NaO4S2. The molecule has 0 radical (unpaired) electrons. The molecule has 2 saturated carbocycles. The first-order chi connectivity index (χ1) is 24.2. The van der Waals surface area contributed by atoms with E-state index in [-0.39, 0.29) is 76.0 Å². The van der Waals surface area contributed by atoms with Gasteiger partial charge in [-0.15, -0.1) is 0 Å². The Balaban J connectivity index is 0.000000275. The fraction of sp³-hybridized carbons (Fsp3) is 0.400. The molecule has 2 aliphatic rings. The molecule has 53 heavy (non-hydrogen) atoms. The number of halogens is 2. The predicted molar refractivity (Wildman–Crippen MR) is 194 cm³/mol. The van der Waals surface area contributed by atoms with Crippen molar-refractivity contribution in [2.45, 2.75) is 64.5 Å². The Morgan fingerprint density at radius 3 is 1.64 bits per heavy atom. The molecule has 4 amide bonds. The van der Waals surface area contributed by atoms with Gasteiger partial charge in [0.2, 0.25) is 11.8 Å². The summed E-state index contributed by atoms with van der Waals surface area (Å²) in [5.74, 6) is -0.607. The smallest absolute Gasteiger partial charge is 1.00 e. The van der Waals surface area contributed by atoms with E-state index in [0.717, 1.165) is 37.1 Å². The predicted octanol–water partition coefficient (Wildman–Crippen LogP) is -3.04. The molecule has 23 heteroatoms. The zero-order valence-electron chi connectivity index (χ0n) is 29.0. The molecule has 2 atom stereocenters. The summed E-state index contributed by atoms with van der Waals surface area (Å²) in [7, 11) is 0. The van der Waals surface area contributed by atoms with Gasteiger partial charge in [-0.1, -0.05) is 37.3 Å². The Morgan fingerprint density at radius 1 is 0.755 bits per heavy atom. The number of carbonyl (C=O) groups is 4. The van der Waals surface area contributed by atoms with E-state index in [0.29, 0.717) is 40.5 Å². The summed E-state index contributed by atoms with van der Waals surface area (Å²) in [4.78, 5) is 63.3. The number of amides is 4. The van der Waals surface area contributed by atoms with Gasteiger partial charge in [0.15, 0.2) is 34.0 Å². The number of hydrogen-bond donors (Lipinski definition) is 8. The molecule has 278 valence electrons. The summed E-state index contributed by atoms with van der Waals surface area (Å²) >= 11 is 8.55. The number of hydrogen-bond acceptors (Lipinski definition) is 16. The molecule has 4 aromatic rings. The molecule has 6 rings (SSSR count). The number of nitrogens with zero attached hydrogens (tertiary/aromatic N) is 6. The van der Waals surface area contributed by atoms with Crippen molar-refractivity contribution < 1.29 is 61.1 Å². The van der Waals surface area contributed by atoms with Crippen LogP contribution in [0.5, 0.6) is 0 Å². The largest absolute Gasteiger partial charge is 1.00 e. The monoisotopic (exact) mass is 814 g/mol. The first-order valence-electron chi connectivity index (χ1n) is 15.8. The molecule has 0 unspecified atom stereocenters. The van der Waals surface area contributed by atoms with Crippen LogP contribution in [0.4, 0.5) is 33.3 Å². The average Bonchev–Trinajstić information content (AvgIpc) is 3.99. The first-order valence-corrected chi connectivity index (χ1v) is 17.7. The number of nitrogens with one attached hydrogen (secondary N) is 4. The minimum atomic E-state index is -0.779. The summed E-state index contributed by atoms with van der Waals surface area (Å²) in [6.07, 6.45) is 6.98. The number of aryl methyl sites for hydroxylation is 2. The number of anilines is 6. The van der Waals surface area contributed by atoms with Crippen LogP contribution in [0.1, 0.15) is 70.9 Å². The summed E-state index contributed by atoms with van der Waals surface area (Å²) in [6, 6.07) is 2.46. The van der Waals surface area contributed by atoms with Crippen molar-refractivity contribution in [2.24, 2.45) is 34.8 Å². The van der Waals surface area contributed by atoms with Crippen LogP contribution in [0.25, 0.3) is 0 Å². The van der Waals surface area contributed by atoms with Crippen LogP contribution >= 0.6 is 34.7 Å². The molecule has 0 saturated heterocycles. The van der Waals surface area contributed by atoms with Gasteiger partial charge in [-0.3, -0.25) is 19.2 Å². The van der Waals surface area contributed by atoms with Crippen LogP contribution in [-0.4, -0.2) is 64.4 Å². The van der Waals surface area contributed by atoms with E-state index in [1.165, 1.54) is 29.3 Å². The van der Waals surface area contributed by atoms with Gasteiger partial charge in [-0.25, -0.2) is 19.9 Å². The van der Waals surface area contributed by atoms with Gasteiger partial charge in [0.25, 0.3) is 11.8 Å². The van der Waals surface area contributed by atoms with Gasteiger partial charge in [0.05, 0.1) is 17.6 Å². The minimum Gasteiger partial charge on any atom is -1.00 e. The number of nitrogens with two attached hydrogens (primary N) is 4. The SMILES string of the molecule is Cc1cc(Nc2nc(N[C@H](CC3CC3)C(N)=O)c(Cl)nc2C(N)=O)sn1.Cc1cc(Nc2nc(N[C@H](CC3CC3)C(N)=O)cnc2C(N)=O)sn1.[Cl-].[Na+]. The van der Waals surface area contributed by atoms with Gasteiger partial charge < -0.3 is 56.6 Å². The van der Waals surface area contributed by atoms with E-state index in [4.69, 9.17) is 34.5 Å². The van der Waals surface area contributed by atoms with Crippen LogP contribution in [0.3, 0.4) is 0 Å². The Bertz CT molecular complexity index is 1940. The molecule has 18 nitrogen and oxygen atoms in total. The summed E-state index contributed by atoms with van der Waals surface area (Å²) in [5.41, 5.74) is 23.2. The Labute approximate surface area is 345 Å². The van der Waals surface area contributed by atoms with Crippen LogP contribution in [-0.2, 0) is 9.59 Å². The molecule has 0 aromatic carbocycles. The van der Waals surface area contributed by atoms with Crippen molar-refractivity contribution in [3.05, 3.63) is 46.3 Å². The third-order valence-electron chi connectivity index (χ3n) is 7.68. The third-order valence-corrected chi connectivity index (χ3v) is 9.54. The first kappa shape index (κ1) is 43.5. The van der Waals surface area contributed by atoms with Crippen LogP contribution in [0.15, 0.2) is 18.3 Å². The zero-order chi connectivity index (χ0) is 36.8. The molecule has 4 aromatic heterocycles. The van der Waals surface area contributed by atoms with Crippen molar-refractivity contribution in [1.82, 2.24) is 28.7 Å².